The highest BCUT2D eigenvalue weighted by molar-refractivity contribution is 6.33. The Morgan fingerprint density at radius 3 is 2.65 bits per heavy atom. The van der Waals surface area contributed by atoms with Crippen LogP contribution in [0.2, 0.25) is 5.02 Å². The van der Waals surface area contributed by atoms with Gasteiger partial charge in [-0.15, -0.1) is 0 Å². The molecule has 2 aromatic heterocycles. The quantitative estimate of drug-likeness (QED) is 0.283. The van der Waals surface area contributed by atoms with Crippen molar-refractivity contribution >= 4 is 29.2 Å². The zero-order valence-electron chi connectivity index (χ0n) is 23.2. The summed E-state index contributed by atoms with van der Waals surface area (Å²) in [5.41, 5.74) is 1.09. The molecular weight excluding hydrogens is 532 g/mol. The maximum atomic E-state index is 10.9. The fourth-order valence-electron chi connectivity index (χ4n) is 5.17. The first kappa shape index (κ1) is 30.0. The maximum Gasteiger partial charge on any atom is 0.332 e. The number of aromatic nitrogens is 2. The van der Waals surface area contributed by atoms with Gasteiger partial charge in [0.1, 0.15) is 11.6 Å². The van der Waals surface area contributed by atoms with Crippen molar-refractivity contribution in [1.82, 2.24) is 15.3 Å². The van der Waals surface area contributed by atoms with E-state index in [2.05, 4.69) is 27.0 Å². The Morgan fingerprint density at radius 1 is 1.23 bits per heavy atom. The highest BCUT2D eigenvalue weighted by Gasteiger charge is 2.32. The van der Waals surface area contributed by atoms with Crippen LogP contribution in [0.3, 0.4) is 0 Å². The van der Waals surface area contributed by atoms with E-state index in [1.54, 1.807) is 13.1 Å². The lowest BCUT2D eigenvalue weighted by Gasteiger charge is -2.32. The van der Waals surface area contributed by atoms with Crippen LogP contribution in [0.5, 0.6) is 0 Å². The van der Waals surface area contributed by atoms with Gasteiger partial charge in [-0.25, -0.2) is 14.8 Å². The van der Waals surface area contributed by atoms with E-state index in [4.69, 9.17) is 31.2 Å². The number of hydrogen-bond acceptors (Lipinski definition) is 9. The zero-order valence-corrected chi connectivity index (χ0v) is 23.9. The summed E-state index contributed by atoms with van der Waals surface area (Å²) in [5, 5.41) is 29.7. The van der Waals surface area contributed by atoms with Crippen molar-refractivity contribution in [2.75, 3.05) is 37.0 Å². The van der Waals surface area contributed by atoms with Gasteiger partial charge < -0.3 is 30.5 Å². The van der Waals surface area contributed by atoms with Gasteiger partial charge in [0.15, 0.2) is 6.10 Å². The normalized spacial score (nSPS) is 22.1. The Kier molecular flexibility index (Phi) is 10.6. The summed E-state index contributed by atoms with van der Waals surface area (Å²) in [4.78, 5) is 20.2. The molecule has 2 atom stereocenters. The Labute approximate surface area is 240 Å². The Hall–Kier alpha value is -2.97. The maximum absolute atomic E-state index is 10.9. The number of aliphatic carboxylic acids is 1. The van der Waals surface area contributed by atoms with Crippen LogP contribution in [0, 0.1) is 16.7 Å². The second-order valence-electron chi connectivity index (χ2n) is 10.9. The summed E-state index contributed by atoms with van der Waals surface area (Å²) >= 11 is 6.54. The topological polar surface area (TPSA) is 141 Å². The number of carboxylic acids is 1. The predicted octanol–water partition coefficient (Wildman–Crippen LogP) is 4.72. The molecule has 0 aromatic carbocycles. The average molecular weight is 571 g/mol. The van der Waals surface area contributed by atoms with Crippen LogP contribution >= 0.6 is 11.6 Å². The molecule has 1 saturated carbocycles. The fraction of sp³-hybridized carbons (Fsp3) is 0.586. The molecule has 0 bridgehead atoms. The molecule has 1 aliphatic carbocycles. The van der Waals surface area contributed by atoms with Gasteiger partial charge in [0.2, 0.25) is 0 Å². The van der Waals surface area contributed by atoms with E-state index >= 15 is 0 Å². The first-order valence-corrected chi connectivity index (χ1v) is 14.4. The molecule has 0 amide bonds. The number of hydrogen-bond donors (Lipinski definition) is 4. The van der Waals surface area contributed by atoms with Crippen LogP contribution in [0.25, 0.3) is 11.3 Å². The van der Waals surface area contributed by atoms with E-state index < -0.39 is 17.5 Å². The number of nitrogens with one attached hydrogen (secondary N) is 3. The largest absolute Gasteiger partial charge is 0.479 e. The number of carbonyl (C=O) groups is 1. The SMILES string of the molecule is C[C@H](CO[C@H](C)C(=O)O)NC1CCC(Nc2cc(-c3cccc(NCC4(C#N)CCOCC4)n3)c(Cl)cn2)CC1. The van der Waals surface area contributed by atoms with Crippen molar-refractivity contribution in [3.05, 3.63) is 35.5 Å². The fourth-order valence-corrected chi connectivity index (χ4v) is 5.37. The Bertz CT molecular complexity index is 1180. The van der Waals surface area contributed by atoms with Gasteiger partial charge in [0.25, 0.3) is 0 Å². The number of rotatable bonds is 12. The number of anilines is 2. The van der Waals surface area contributed by atoms with Gasteiger partial charge in [-0.2, -0.15) is 5.26 Å². The number of nitrogens with zero attached hydrogens (tertiary/aromatic N) is 3. The first-order valence-electron chi connectivity index (χ1n) is 14.0. The number of carboxylic acid groups (broad SMARTS) is 1. The third kappa shape index (κ3) is 8.27. The Balaban J connectivity index is 1.31. The van der Waals surface area contributed by atoms with Crippen LogP contribution in [0.15, 0.2) is 30.5 Å². The molecule has 4 rings (SSSR count). The summed E-state index contributed by atoms with van der Waals surface area (Å²) in [5.74, 6) is 0.506. The lowest BCUT2D eigenvalue weighted by Crippen LogP contribution is -2.43. The predicted molar refractivity (Wildman–Crippen MR) is 154 cm³/mol. The highest BCUT2D eigenvalue weighted by atomic mass is 35.5. The van der Waals surface area contributed by atoms with Crippen molar-refractivity contribution in [2.24, 2.45) is 5.41 Å². The molecule has 0 radical (unpaired) electrons. The van der Waals surface area contributed by atoms with E-state index in [0.29, 0.717) is 62.1 Å². The lowest BCUT2D eigenvalue weighted by atomic mass is 9.82. The van der Waals surface area contributed by atoms with Crippen LogP contribution in [0.4, 0.5) is 11.6 Å². The van der Waals surface area contributed by atoms with Gasteiger partial charge in [0.05, 0.1) is 28.8 Å². The minimum atomic E-state index is -0.947. The van der Waals surface area contributed by atoms with E-state index in [0.717, 1.165) is 42.8 Å². The molecule has 3 heterocycles. The summed E-state index contributed by atoms with van der Waals surface area (Å²) in [6, 6.07) is 10.9. The minimum Gasteiger partial charge on any atom is -0.479 e. The van der Waals surface area contributed by atoms with Gasteiger partial charge in [-0.05, 0) is 70.6 Å². The number of halogens is 1. The van der Waals surface area contributed by atoms with Gasteiger partial charge in [-0.1, -0.05) is 17.7 Å². The van der Waals surface area contributed by atoms with Crippen molar-refractivity contribution < 1.29 is 19.4 Å². The molecule has 0 spiro atoms. The summed E-state index contributed by atoms with van der Waals surface area (Å²) in [6.07, 6.45) is 6.24. The van der Waals surface area contributed by atoms with Crippen molar-refractivity contribution in [3.8, 4) is 17.3 Å². The van der Waals surface area contributed by atoms with Crippen molar-refractivity contribution in [1.29, 1.82) is 5.26 Å². The smallest absolute Gasteiger partial charge is 0.332 e. The second-order valence-corrected chi connectivity index (χ2v) is 11.3. The molecule has 216 valence electrons. The van der Waals surface area contributed by atoms with Crippen LogP contribution in [-0.4, -0.2) is 71.6 Å². The molecule has 10 nitrogen and oxygen atoms in total. The standard InChI is InChI=1S/C29H39ClN6O4/c1-19(16-40-20(2)28(37)38)34-21-6-8-22(9-7-21)35-27-14-23(24(30)15-32-27)25-4-3-5-26(36-25)33-18-29(17-31)10-12-39-13-11-29/h3-5,14-15,19-22,34H,6-13,16,18H2,1-2H3,(H,32,35)(H,33,36)(H,37,38)/t19-,20-,21?,22?/m1/s1. The third-order valence-electron chi connectivity index (χ3n) is 7.72. The lowest BCUT2D eigenvalue weighted by molar-refractivity contribution is -0.149. The highest BCUT2D eigenvalue weighted by Crippen LogP contribution is 2.32. The van der Waals surface area contributed by atoms with Crippen LogP contribution in [0.1, 0.15) is 52.4 Å². The Morgan fingerprint density at radius 2 is 1.95 bits per heavy atom. The minimum absolute atomic E-state index is 0.0803. The summed E-state index contributed by atoms with van der Waals surface area (Å²) < 4.78 is 10.8. The van der Waals surface area contributed by atoms with Crippen LogP contribution in [-0.2, 0) is 14.3 Å². The van der Waals surface area contributed by atoms with Gasteiger partial charge in [-0.3, -0.25) is 0 Å². The second kappa shape index (κ2) is 14.1. The first-order chi connectivity index (χ1) is 19.3. The van der Waals surface area contributed by atoms with Crippen molar-refractivity contribution in [2.45, 2.75) is 76.6 Å². The molecule has 11 heteroatoms. The monoisotopic (exact) mass is 570 g/mol. The molecule has 0 unspecified atom stereocenters. The zero-order chi connectivity index (χ0) is 28.5. The van der Waals surface area contributed by atoms with E-state index in [-0.39, 0.29) is 6.04 Å². The van der Waals surface area contributed by atoms with E-state index in [1.807, 2.05) is 31.2 Å². The summed E-state index contributed by atoms with van der Waals surface area (Å²) in [7, 11) is 0. The number of ether oxygens (including phenoxy) is 2. The number of nitriles is 1. The molecular formula is C29H39ClN6O4. The van der Waals surface area contributed by atoms with E-state index in [9.17, 15) is 10.1 Å². The molecule has 2 fully saturated rings. The summed E-state index contributed by atoms with van der Waals surface area (Å²) in [6.45, 7) is 5.65. The van der Waals surface area contributed by atoms with E-state index in [1.165, 1.54) is 0 Å². The molecule has 4 N–H and O–H groups in total. The van der Waals surface area contributed by atoms with Crippen molar-refractivity contribution in [3.63, 3.8) is 0 Å². The van der Waals surface area contributed by atoms with Gasteiger partial charge >= 0.3 is 5.97 Å². The molecule has 2 aliphatic rings. The number of pyridine rings is 2. The van der Waals surface area contributed by atoms with Crippen LogP contribution < -0.4 is 16.0 Å². The average Bonchev–Trinajstić information content (AvgIpc) is 2.97. The molecule has 40 heavy (non-hydrogen) atoms. The van der Waals surface area contributed by atoms with Gasteiger partial charge in [0, 0.05) is 49.6 Å². The molecule has 1 aliphatic heterocycles. The molecule has 2 aromatic rings. The molecule has 1 saturated heterocycles. The third-order valence-corrected chi connectivity index (χ3v) is 8.02.